The van der Waals surface area contributed by atoms with Crippen molar-refractivity contribution in [1.82, 2.24) is 0 Å². The minimum absolute atomic E-state index is 0.230. The lowest BCUT2D eigenvalue weighted by molar-refractivity contribution is 0.0697. The number of carboxylic acids is 1. The molecule has 0 aromatic heterocycles. The zero-order valence-electron chi connectivity index (χ0n) is 9.47. The third-order valence-corrected chi connectivity index (χ3v) is 2.99. The number of carboxylic acid groups (broad SMARTS) is 1. The molecule has 5 heteroatoms. The van der Waals surface area contributed by atoms with E-state index in [1.165, 1.54) is 6.07 Å². The number of nitrogens with two attached hydrogens (primary N) is 1. The Hall–Kier alpha value is -1.75. The minimum Gasteiger partial charge on any atom is -0.478 e. The van der Waals surface area contributed by atoms with Crippen molar-refractivity contribution in [2.45, 2.75) is 18.9 Å². The average Bonchev–Trinajstić information content (AvgIpc) is 2.28. The van der Waals surface area contributed by atoms with Gasteiger partial charge in [0.05, 0.1) is 17.4 Å². The lowest BCUT2D eigenvalue weighted by Gasteiger charge is -2.32. The smallest absolute Gasteiger partial charge is 0.337 e. The van der Waals surface area contributed by atoms with Gasteiger partial charge in [-0.2, -0.15) is 0 Å². The fourth-order valence-corrected chi connectivity index (χ4v) is 2.16. The number of anilines is 2. The van der Waals surface area contributed by atoms with Gasteiger partial charge >= 0.3 is 5.97 Å². The van der Waals surface area contributed by atoms with Crippen molar-refractivity contribution < 1.29 is 15.0 Å². The number of aliphatic hydroxyl groups is 1. The van der Waals surface area contributed by atoms with E-state index >= 15 is 0 Å². The van der Waals surface area contributed by atoms with Crippen molar-refractivity contribution in [3.63, 3.8) is 0 Å². The number of aliphatic hydroxyl groups excluding tert-OH is 1. The third-order valence-electron chi connectivity index (χ3n) is 2.99. The number of rotatable bonds is 2. The van der Waals surface area contributed by atoms with Gasteiger partial charge in [-0.25, -0.2) is 4.79 Å². The molecular weight excluding hydrogens is 220 g/mol. The van der Waals surface area contributed by atoms with Crippen LogP contribution in [0.5, 0.6) is 0 Å². The van der Waals surface area contributed by atoms with E-state index in [2.05, 4.69) is 0 Å². The molecular formula is C12H16N2O3. The number of aromatic carboxylic acids is 1. The van der Waals surface area contributed by atoms with E-state index in [1.54, 1.807) is 12.1 Å². The fraction of sp³-hybridized carbons (Fsp3) is 0.417. The molecule has 1 fully saturated rings. The first-order valence-corrected chi connectivity index (χ1v) is 5.64. The summed E-state index contributed by atoms with van der Waals surface area (Å²) in [4.78, 5) is 13.0. The monoisotopic (exact) mass is 236 g/mol. The van der Waals surface area contributed by atoms with Crippen molar-refractivity contribution in [3.05, 3.63) is 23.8 Å². The summed E-state index contributed by atoms with van der Waals surface area (Å²) in [5.74, 6) is -0.972. The highest BCUT2D eigenvalue weighted by molar-refractivity contribution is 5.95. The summed E-state index contributed by atoms with van der Waals surface area (Å²) in [7, 11) is 0. The van der Waals surface area contributed by atoms with E-state index in [0.29, 0.717) is 17.9 Å². The summed E-state index contributed by atoms with van der Waals surface area (Å²) >= 11 is 0. The van der Waals surface area contributed by atoms with Gasteiger partial charge in [-0.3, -0.25) is 0 Å². The zero-order valence-corrected chi connectivity index (χ0v) is 9.47. The molecule has 0 amide bonds. The molecule has 1 heterocycles. The Kier molecular flexibility index (Phi) is 3.19. The second-order valence-corrected chi connectivity index (χ2v) is 4.32. The van der Waals surface area contributed by atoms with Gasteiger partial charge in [0.25, 0.3) is 0 Å². The molecule has 1 aromatic carbocycles. The van der Waals surface area contributed by atoms with Crippen LogP contribution in [0.1, 0.15) is 23.2 Å². The number of carbonyl (C=O) groups is 1. The van der Waals surface area contributed by atoms with Crippen LogP contribution in [0.25, 0.3) is 0 Å². The van der Waals surface area contributed by atoms with E-state index in [0.717, 1.165) is 19.4 Å². The van der Waals surface area contributed by atoms with Crippen LogP contribution in [0.3, 0.4) is 0 Å². The topological polar surface area (TPSA) is 86.8 Å². The largest absolute Gasteiger partial charge is 0.478 e. The van der Waals surface area contributed by atoms with E-state index in [9.17, 15) is 9.90 Å². The van der Waals surface area contributed by atoms with Crippen molar-refractivity contribution in [3.8, 4) is 0 Å². The fourth-order valence-electron chi connectivity index (χ4n) is 2.16. The zero-order chi connectivity index (χ0) is 12.4. The Morgan fingerprint density at radius 3 is 2.88 bits per heavy atom. The highest BCUT2D eigenvalue weighted by Gasteiger charge is 2.22. The quantitative estimate of drug-likeness (QED) is 0.665. The molecule has 0 aliphatic carbocycles. The first-order chi connectivity index (χ1) is 8.08. The van der Waals surface area contributed by atoms with Crippen molar-refractivity contribution in [2.24, 2.45) is 0 Å². The number of hydrogen-bond acceptors (Lipinski definition) is 4. The minimum atomic E-state index is -0.972. The standard InChI is InChI=1S/C12H16N2O3/c13-8-3-4-10(12(16)17)11(6-8)14-5-1-2-9(15)7-14/h3-4,6,9,15H,1-2,5,7,13H2,(H,16,17). The van der Waals surface area contributed by atoms with E-state index < -0.39 is 12.1 Å². The molecule has 0 bridgehead atoms. The van der Waals surface area contributed by atoms with Gasteiger partial charge in [-0.15, -0.1) is 0 Å². The van der Waals surface area contributed by atoms with Gasteiger partial charge in [0.2, 0.25) is 0 Å². The second-order valence-electron chi connectivity index (χ2n) is 4.32. The van der Waals surface area contributed by atoms with Crippen LogP contribution in [-0.2, 0) is 0 Å². The lowest BCUT2D eigenvalue weighted by atomic mass is 10.0. The molecule has 1 saturated heterocycles. The van der Waals surface area contributed by atoms with Gasteiger partial charge < -0.3 is 20.8 Å². The molecule has 0 radical (unpaired) electrons. The predicted molar refractivity (Wildman–Crippen MR) is 65.3 cm³/mol. The van der Waals surface area contributed by atoms with Crippen molar-refractivity contribution in [2.75, 3.05) is 23.7 Å². The van der Waals surface area contributed by atoms with Crippen LogP contribution in [0.2, 0.25) is 0 Å². The van der Waals surface area contributed by atoms with Crippen LogP contribution in [0, 0.1) is 0 Å². The van der Waals surface area contributed by atoms with Crippen LogP contribution in [-0.4, -0.2) is 35.4 Å². The Morgan fingerprint density at radius 2 is 2.24 bits per heavy atom. The summed E-state index contributed by atoms with van der Waals surface area (Å²) in [5, 5.41) is 18.7. The number of nitrogens with zero attached hydrogens (tertiary/aromatic N) is 1. The molecule has 1 unspecified atom stereocenters. The SMILES string of the molecule is Nc1ccc(C(=O)O)c(N2CCCC(O)C2)c1. The lowest BCUT2D eigenvalue weighted by Crippen LogP contribution is -2.39. The molecule has 4 N–H and O–H groups in total. The summed E-state index contributed by atoms with van der Waals surface area (Å²) in [6, 6.07) is 4.74. The second kappa shape index (κ2) is 4.63. The maximum absolute atomic E-state index is 11.1. The molecule has 2 rings (SSSR count). The molecule has 0 spiro atoms. The van der Waals surface area contributed by atoms with Crippen molar-refractivity contribution in [1.29, 1.82) is 0 Å². The normalized spacial score (nSPS) is 20.3. The van der Waals surface area contributed by atoms with Gasteiger partial charge in [0.1, 0.15) is 0 Å². The Bertz CT molecular complexity index is 434. The van der Waals surface area contributed by atoms with Crippen LogP contribution in [0.15, 0.2) is 18.2 Å². The number of β-amino-alcohol motifs (C(OH)–C–C–N with tert-alkyl or cyclic N) is 1. The Morgan fingerprint density at radius 1 is 1.47 bits per heavy atom. The number of nitrogen functional groups attached to an aromatic ring is 1. The van der Waals surface area contributed by atoms with Gasteiger partial charge in [-0.1, -0.05) is 0 Å². The third kappa shape index (κ3) is 2.50. The molecule has 1 aliphatic rings. The molecule has 17 heavy (non-hydrogen) atoms. The van der Waals surface area contributed by atoms with E-state index in [-0.39, 0.29) is 5.56 Å². The molecule has 1 atom stereocenters. The number of benzene rings is 1. The maximum atomic E-state index is 11.1. The van der Waals surface area contributed by atoms with E-state index in [4.69, 9.17) is 10.8 Å². The molecule has 92 valence electrons. The first kappa shape index (κ1) is 11.7. The molecule has 0 saturated carbocycles. The molecule has 1 aromatic rings. The summed E-state index contributed by atoms with van der Waals surface area (Å²) in [5.41, 5.74) is 7.04. The average molecular weight is 236 g/mol. The summed E-state index contributed by atoms with van der Waals surface area (Å²) in [6.07, 6.45) is 1.22. The molecule has 5 nitrogen and oxygen atoms in total. The maximum Gasteiger partial charge on any atom is 0.337 e. The Labute approximate surface area is 99.5 Å². The van der Waals surface area contributed by atoms with E-state index in [1.807, 2.05) is 4.90 Å². The number of hydrogen-bond donors (Lipinski definition) is 3. The van der Waals surface area contributed by atoms with Gasteiger partial charge in [-0.05, 0) is 31.0 Å². The Balaban J connectivity index is 2.35. The van der Waals surface area contributed by atoms with Gasteiger partial charge in [0, 0.05) is 18.8 Å². The molecule has 1 aliphatic heterocycles. The summed E-state index contributed by atoms with van der Waals surface area (Å²) in [6.45, 7) is 1.21. The summed E-state index contributed by atoms with van der Waals surface area (Å²) < 4.78 is 0. The first-order valence-electron chi connectivity index (χ1n) is 5.64. The highest BCUT2D eigenvalue weighted by atomic mass is 16.4. The van der Waals surface area contributed by atoms with Crippen LogP contribution >= 0.6 is 0 Å². The van der Waals surface area contributed by atoms with Crippen molar-refractivity contribution >= 4 is 17.3 Å². The predicted octanol–water partition coefficient (Wildman–Crippen LogP) is 0.928. The van der Waals surface area contributed by atoms with Gasteiger partial charge in [0.15, 0.2) is 0 Å². The van der Waals surface area contributed by atoms with Crippen LogP contribution < -0.4 is 10.6 Å². The number of piperidine rings is 1. The van der Waals surface area contributed by atoms with Crippen LogP contribution in [0.4, 0.5) is 11.4 Å². The highest BCUT2D eigenvalue weighted by Crippen LogP contribution is 2.26.